The van der Waals surface area contributed by atoms with Crippen molar-refractivity contribution in [2.24, 2.45) is 0 Å². The van der Waals surface area contributed by atoms with Crippen molar-refractivity contribution in [1.29, 1.82) is 0 Å². The summed E-state index contributed by atoms with van der Waals surface area (Å²) >= 11 is 0. The maximum absolute atomic E-state index is 8.64. The lowest BCUT2D eigenvalue weighted by molar-refractivity contribution is 0.392. The van der Waals surface area contributed by atoms with E-state index in [0.717, 1.165) is 6.42 Å². The zero-order chi connectivity index (χ0) is 6.57. The van der Waals surface area contributed by atoms with Crippen LogP contribution in [0.1, 0.15) is 13.3 Å². The van der Waals surface area contributed by atoms with E-state index in [-0.39, 0.29) is 5.54 Å². The van der Waals surface area contributed by atoms with Crippen molar-refractivity contribution < 1.29 is 9.59 Å². The van der Waals surface area contributed by atoms with Gasteiger partial charge in [-0.3, -0.25) is 0 Å². The van der Waals surface area contributed by atoms with E-state index in [0.29, 0.717) is 0 Å². The molecule has 8 heavy (non-hydrogen) atoms. The van der Waals surface area contributed by atoms with E-state index in [4.69, 9.17) is 9.59 Å². The second-order valence-electron chi connectivity index (χ2n) is 1.72. The molecular formula is C5H12O2Si. The third-order valence-corrected chi connectivity index (χ3v) is 2.67. The Kier molecular flexibility index (Phi) is 3.77. The summed E-state index contributed by atoms with van der Waals surface area (Å²) in [5.74, 6) is 0. The van der Waals surface area contributed by atoms with Crippen LogP contribution in [0, 0.1) is 0 Å². The quantitative estimate of drug-likeness (QED) is 0.424. The number of hydrogen-bond donors (Lipinski definition) is 2. The van der Waals surface area contributed by atoms with Crippen LogP contribution < -0.4 is 0 Å². The van der Waals surface area contributed by atoms with Crippen molar-refractivity contribution in [1.82, 2.24) is 0 Å². The highest BCUT2D eigenvalue weighted by molar-refractivity contribution is 6.43. The number of hydrogen-bond acceptors (Lipinski definition) is 2. The van der Waals surface area contributed by atoms with E-state index in [2.05, 4.69) is 6.58 Å². The highest BCUT2D eigenvalue weighted by Gasteiger charge is 2.12. The van der Waals surface area contributed by atoms with Gasteiger partial charge in [-0.05, 0) is 6.42 Å². The predicted molar refractivity (Wildman–Crippen MR) is 35.8 cm³/mol. The van der Waals surface area contributed by atoms with E-state index in [1.807, 2.05) is 6.92 Å². The Morgan fingerprint density at radius 3 is 2.25 bits per heavy atom. The highest BCUT2D eigenvalue weighted by atomic mass is 28.3. The number of rotatable bonds is 3. The molecule has 0 spiro atoms. The van der Waals surface area contributed by atoms with Crippen molar-refractivity contribution in [2.75, 3.05) is 0 Å². The molecule has 3 heteroatoms. The fourth-order valence-electron chi connectivity index (χ4n) is 0.499. The lowest BCUT2D eigenvalue weighted by atomic mass is 10.3. The molecule has 2 nitrogen and oxygen atoms in total. The topological polar surface area (TPSA) is 40.5 Å². The lowest BCUT2D eigenvalue weighted by Gasteiger charge is -2.07. The van der Waals surface area contributed by atoms with Crippen LogP contribution in [0.5, 0.6) is 0 Å². The van der Waals surface area contributed by atoms with Gasteiger partial charge in [-0.25, -0.2) is 0 Å². The lowest BCUT2D eigenvalue weighted by Crippen LogP contribution is -2.17. The third-order valence-electron chi connectivity index (χ3n) is 1.16. The van der Waals surface area contributed by atoms with Gasteiger partial charge in [0, 0.05) is 5.54 Å². The van der Waals surface area contributed by atoms with Crippen LogP contribution in [-0.4, -0.2) is 18.9 Å². The molecule has 48 valence electrons. The summed E-state index contributed by atoms with van der Waals surface area (Å²) in [6.45, 7) is 5.38. The average molecular weight is 132 g/mol. The van der Waals surface area contributed by atoms with Crippen LogP contribution in [-0.2, 0) is 0 Å². The molecule has 0 saturated heterocycles. The van der Waals surface area contributed by atoms with Crippen molar-refractivity contribution >= 4 is 9.28 Å². The molecule has 0 bridgehead atoms. The fraction of sp³-hybridized carbons (Fsp3) is 0.600. The molecular weight excluding hydrogens is 120 g/mol. The second-order valence-corrected chi connectivity index (χ2v) is 3.40. The van der Waals surface area contributed by atoms with Crippen molar-refractivity contribution in [3.05, 3.63) is 12.7 Å². The first-order valence-electron chi connectivity index (χ1n) is 2.71. The van der Waals surface area contributed by atoms with Gasteiger partial charge in [0.2, 0.25) is 0 Å². The normalized spacial score (nSPS) is 14.0. The van der Waals surface area contributed by atoms with Gasteiger partial charge in [-0.15, -0.1) is 6.58 Å². The van der Waals surface area contributed by atoms with Gasteiger partial charge < -0.3 is 9.59 Å². The van der Waals surface area contributed by atoms with Crippen molar-refractivity contribution in [2.45, 2.75) is 18.9 Å². The first kappa shape index (κ1) is 7.88. The summed E-state index contributed by atoms with van der Waals surface area (Å²) in [5, 5.41) is 0. The summed E-state index contributed by atoms with van der Waals surface area (Å²) in [5.41, 5.74) is -0.0324. The van der Waals surface area contributed by atoms with Gasteiger partial charge in [0.25, 0.3) is 0 Å². The van der Waals surface area contributed by atoms with E-state index in [1.165, 1.54) is 0 Å². The number of allylic oxidation sites excluding steroid dienone is 1. The maximum atomic E-state index is 8.64. The van der Waals surface area contributed by atoms with E-state index in [1.54, 1.807) is 6.08 Å². The molecule has 0 aromatic carbocycles. The second kappa shape index (κ2) is 3.83. The first-order valence-corrected chi connectivity index (χ1v) is 4.41. The molecule has 0 aromatic heterocycles. The summed E-state index contributed by atoms with van der Waals surface area (Å²) in [7, 11) is -2.40. The van der Waals surface area contributed by atoms with Crippen LogP contribution in [0.3, 0.4) is 0 Å². The van der Waals surface area contributed by atoms with Crippen molar-refractivity contribution in [3.63, 3.8) is 0 Å². The Bertz CT molecular complexity index is 72.8. The Labute approximate surface area is 51.3 Å². The molecule has 0 aliphatic carbocycles. The van der Waals surface area contributed by atoms with E-state index >= 15 is 0 Å². The molecule has 0 saturated carbocycles. The molecule has 0 radical (unpaired) electrons. The minimum absolute atomic E-state index is 0.0324. The molecule has 1 unspecified atom stereocenters. The van der Waals surface area contributed by atoms with E-state index < -0.39 is 9.28 Å². The van der Waals surface area contributed by atoms with Gasteiger partial charge >= 0.3 is 9.28 Å². The molecule has 0 fully saturated rings. The van der Waals surface area contributed by atoms with E-state index in [9.17, 15) is 0 Å². The predicted octanol–water partition coefficient (Wildman–Crippen LogP) is 0.158. The monoisotopic (exact) mass is 132 g/mol. The maximum Gasteiger partial charge on any atom is 0.323 e. The average Bonchev–Trinajstić information content (AvgIpc) is 1.69. The van der Waals surface area contributed by atoms with Gasteiger partial charge in [-0.2, -0.15) is 0 Å². The smallest absolute Gasteiger partial charge is 0.323 e. The Morgan fingerprint density at radius 1 is 1.75 bits per heavy atom. The van der Waals surface area contributed by atoms with Crippen LogP contribution in [0.2, 0.25) is 5.54 Å². The SMILES string of the molecule is C=CC(CC)[SiH](O)O. The Morgan fingerprint density at radius 2 is 2.25 bits per heavy atom. The molecule has 0 rings (SSSR count). The standard InChI is InChI=1S/C5H12O2Si/c1-3-5(4-2)8(6)7/h3,5-8H,1,4H2,2H3. The molecule has 2 N–H and O–H groups in total. The van der Waals surface area contributed by atoms with Gasteiger partial charge in [-0.1, -0.05) is 13.0 Å². The van der Waals surface area contributed by atoms with Crippen LogP contribution in [0.4, 0.5) is 0 Å². The first-order chi connectivity index (χ1) is 3.72. The van der Waals surface area contributed by atoms with Gasteiger partial charge in [0.1, 0.15) is 0 Å². The van der Waals surface area contributed by atoms with Gasteiger partial charge in [0.15, 0.2) is 0 Å². The summed E-state index contributed by atoms with van der Waals surface area (Å²) in [6, 6.07) is 0. The molecule has 1 atom stereocenters. The zero-order valence-corrected chi connectivity index (χ0v) is 6.20. The highest BCUT2D eigenvalue weighted by Crippen LogP contribution is 2.11. The summed E-state index contributed by atoms with van der Waals surface area (Å²) < 4.78 is 0. The minimum Gasteiger partial charge on any atom is -0.413 e. The van der Waals surface area contributed by atoms with Crippen molar-refractivity contribution in [3.8, 4) is 0 Å². The Balaban J connectivity index is 3.51. The zero-order valence-electron chi connectivity index (χ0n) is 5.04. The summed E-state index contributed by atoms with van der Waals surface area (Å²) in [4.78, 5) is 17.3. The molecule has 0 heterocycles. The fourth-order valence-corrected chi connectivity index (χ4v) is 1.16. The minimum atomic E-state index is -2.40. The van der Waals surface area contributed by atoms with Crippen LogP contribution in [0.15, 0.2) is 12.7 Å². The summed E-state index contributed by atoms with van der Waals surface area (Å²) in [6.07, 6.45) is 2.39. The Hall–Kier alpha value is -0.123. The largest absolute Gasteiger partial charge is 0.413 e. The third kappa shape index (κ3) is 2.25. The van der Waals surface area contributed by atoms with Crippen LogP contribution >= 0.6 is 0 Å². The van der Waals surface area contributed by atoms with Gasteiger partial charge in [0.05, 0.1) is 0 Å². The molecule has 0 aliphatic rings. The molecule has 0 aromatic rings. The molecule has 0 amide bonds. The molecule has 0 aliphatic heterocycles. The van der Waals surface area contributed by atoms with Crippen LogP contribution in [0.25, 0.3) is 0 Å².